The van der Waals surface area contributed by atoms with Crippen LogP contribution in [-0.4, -0.2) is 59.6 Å². The zero-order valence-corrected chi connectivity index (χ0v) is 13.6. The van der Waals surface area contributed by atoms with Crippen molar-refractivity contribution < 1.29 is 13.2 Å². The molecule has 0 saturated carbocycles. The molecule has 2 rings (SSSR count). The summed E-state index contributed by atoms with van der Waals surface area (Å²) in [6.07, 6.45) is 4.57. The number of sulfonamides is 1. The predicted octanol–water partition coefficient (Wildman–Crippen LogP) is 0.0911. The molecule has 0 unspecified atom stereocenters. The van der Waals surface area contributed by atoms with Crippen LogP contribution in [-0.2, 0) is 16.6 Å². The quantitative estimate of drug-likeness (QED) is 0.795. The highest BCUT2D eigenvalue weighted by Gasteiger charge is 2.26. The zero-order chi connectivity index (χ0) is 16.2. The fourth-order valence-corrected chi connectivity index (χ4v) is 3.34. The van der Waals surface area contributed by atoms with Crippen LogP contribution < -0.4 is 10.6 Å². The Balaban J connectivity index is 1.78. The number of hydrogen-bond donors (Lipinski definition) is 2. The lowest BCUT2D eigenvalue weighted by Crippen LogP contribution is -2.43. The summed E-state index contributed by atoms with van der Waals surface area (Å²) in [5, 5.41) is 13.0. The van der Waals surface area contributed by atoms with Gasteiger partial charge in [-0.25, -0.2) is 17.5 Å². The van der Waals surface area contributed by atoms with Gasteiger partial charge in [0.1, 0.15) is 0 Å². The molecule has 2 heterocycles. The smallest absolute Gasteiger partial charge is 0.320 e. The molecule has 0 spiro atoms. The van der Waals surface area contributed by atoms with E-state index in [4.69, 9.17) is 0 Å². The number of carbonyl (C=O) groups is 1. The van der Waals surface area contributed by atoms with Crippen molar-refractivity contribution >= 4 is 21.9 Å². The van der Waals surface area contributed by atoms with Gasteiger partial charge in [0.2, 0.25) is 10.0 Å². The summed E-state index contributed by atoms with van der Waals surface area (Å²) in [4.78, 5) is 11.8. The first-order chi connectivity index (χ1) is 10.4. The number of nitrogens with zero attached hydrogens (tertiary/aromatic N) is 4. The molecule has 0 aliphatic carbocycles. The van der Waals surface area contributed by atoms with E-state index in [1.807, 2.05) is 6.92 Å². The normalized spacial score (nSPS) is 19.8. The molecule has 10 heteroatoms. The highest BCUT2D eigenvalue weighted by atomic mass is 32.2. The molecule has 1 aliphatic rings. The number of hydrogen-bond acceptors (Lipinski definition) is 5. The molecule has 1 aliphatic heterocycles. The Morgan fingerprint density at radius 2 is 2.27 bits per heavy atom. The maximum Gasteiger partial charge on any atom is 0.320 e. The van der Waals surface area contributed by atoms with Gasteiger partial charge in [0.25, 0.3) is 0 Å². The summed E-state index contributed by atoms with van der Waals surface area (Å²) >= 11 is 0. The monoisotopic (exact) mass is 330 g/mol. The lowest BCUT2D eigenvalue weighted by molar-refractivity contribution is 0.239. The third-order valence-corrected chi connectivity index (χ3v) is 4.88. The Morgan fingerprint density at radius 1 is 1.50 bits per heavy atom. The van der Waals surface area contributed by atoms with Gasteiger partial charge in [-0.15, -0.1) is 5.10 Å². The van der Waals surface area contributed by atoms with Gasteiger partial charge in [0, 0.05) is 26.2 Å². The molecule has 2 amide bonds. The molecule has 1 fully saturated rings. The maximum atomic E-state index is 11.8. The van der Waals surface area contributed by atoms with Crippen molar-refractivity contribution in [1.82, 2.24) is 24.6 Å². The summed E-state index contributed by atoms with van der Waals surface area (Å²) in [6, 6.07) is -0.361. The van der Waals surface area contributed by atoms with E-state index in [-0.39, 0.29) is 11.9 Å². The van der Waals surface area contributed by atoms with Crippen molar-refractivity contribution in [2.45, 2.75) is 26.3 Å². The Labute approximate surface area is 130 Å². The van der Waals surface area contributed by atoms with Crippen LogP contribution in [0, 0.1) is 5.92 Å². The van der Waals surface area contributed by atoms with Gasteiger partial charge in [-0.05, 0) is 25.7 Å². The number of aryl methyl sites for hydroxylation is 1. The van der Waals surface area contributed by atoms with E-state index >= 15 is 0 Å². The first-order valence-electron chi connectivity index (χ1n) is 7.28. The molecular formula is C12H22N6O3S. The van der Waals surface area contributed by atoms with Crippen LogP contribution in [0.5, 0.6) is 0 Å². The van der Waals surface area contributed by atoms with Crippen LogP contribution in [0.4, 0.5) is 10.6 Å². The molecule has 0 aromatic carbocycles. The van der Waals surface area contributed by atoms with Crippen LogP contribution in [0.1, 0.15) is 19.8 Å². The minimum Gasteiger partial charge on any atom is -0.338 e. The van der Waals surface area contributed by atoms with Crippen LogP contribution >= 0.6 is 0 Å². The van der Waals surface area contributed by atoms with E-state index in [2.05, 4.69) is 20.9 Å². The maximum absolute atomic E-state index is 11.8. The van der Waals surface area contributed by atoms with Gasteiger partial charge in [-0.3, -0.25) is 10.00 Å². The average molecular weight is 330 g/mol. The van der Waals surface area contributed by atoms with Crippen LogP contribution in [0.2, 0.25) is 0 Å². The van der Waals surface area contributed by atoms with Gasteiger partial charge in [-0.2, -0.15) is 0 Å². The molecule has 1 aromatic heterocycles. The molecule has 124 valence electrons. The van der Waals surface area contributed by atoms with Crippen LogP contribution in [0.25, 0.3) is 0 Å². The summed E-state index contributed by atoms with van der Waals surface area (Å²) in [7, 11) is -3.16. The number of urea groups is 1. The van der Waals surface area contributed by atoms with Gasteiger partial charge in [-0.1, -0.05) is 5.21 Å². The Morgan fingerprint density at radius 3 is 2.91 bits per heavy atom. The minimum atomic E-state index is -3.16. The van der Waals surface area contributed by atoms with Crippen molar-refractivity contribution in [1.29, 1.82) is 0 Å². The van der Waals surface area contributed by atoms with E-state index in [0.29, 0.717) is 32.0 Å². The molecule has 1 atom stereocenters. The highest BCUT2D eigenvalue weighted by molar-refractivity contribution is 7.88. The lowest BCUT2D eigenvalue weighted by Gasteiger charge is -2.30. The standard InChI is InChI=1S/C12H22N6O3S/c1-3-17-9-11(15-16-17)14-12(19)13-7-10-5-4-6-18(8-10)22(2,20)21/h9-10H,3-8H2,1-2H3,(H2,13,14,19)/t10-/m1/s1. The van der Waals surface area contributed by atoms with E-state index in [0.717, 1.165) is 12.8 Å². The highest BCUT2D eigenvalue weighted by Crippen LogP contribution is 2.17. The van der Waals surface area contributed by atoms with Crippen LogP contribution in [0.15, 0.2) is 6.20 Å². The molecule has 9 nitrogen and oxygen atoms in total. The molecule has 22 heavy (non-hydrogen) atoms. The fourth-order valence-electron chi connectivity index (χ4n) is 2.40. The Hall–Kier alpha value is -1.68. The number of aromatic nitrogens is 3. The van der Waals surface area contributed by atoms with Crippen molar-refractivity contribution in [3.63, 3.8) is 0 Å². The predicted molar refractivity (Wildman–Crippen MR) is 81.9 cm³/mol. The Kier molecular flexibility index (Phi) is 5.35. The van der Waals surface area contributed by atoms with E-state index in [9.17, 15) is 13.2 Å². The second kappa shape index (κ2) is 7.05. The van der Waals surface area contributed by atoms with Crippen molar-refractivity contribution in [3.8, 4) is 0 Å². The largest absolute Gasteiger partial charge is 0.338 e. The van der Waals surface area contributed by atoms with Crippen molar-refractivity contribution in [3.05, 3.63) is 6.20 Å². The second-order valence-electron chi connectivity index (χ2n) is 5.42. The number of carbonyl (C=O) groups excluding carboxylic acids is 1. The number of piperidine rings is 1. The second-order valence-corrected chi connectivity index (χ2v) is 7.41. The van der Waals surface area contributed by atoms with E-state index in [1.54, 1.807) is 10.9 Å². The van der Waals surface area contributed by atoms with Crippen molar-refractivity contribution in [2.24, 2.45) is 5.92 Å². The van der Waals surface area contributed by atoms with E-state index in [1.165, 1.54) is 10.6 Å². The average Bonchev–Trinajstić information content (AvgIpc) is 2.92. The van der Waals surface area contributed by atoms with Gasteiger partial charge >= 0.3 is 6.03 Å². The molecule has 1 saturated heterocycles. The third-order valence-electron chi connectivity index (χ3n) is 3.61. The molecule has 2 N–H and O–H groups in total. The number of nitrogens with one attached hydrogen (secondary N) is 2. The Bertz CT molecular complexity index is 614. The third kappa shape index (κ3) is 4.67. The van der Waals surface area contributed by atoms with Crippen molar-refractivity contribution in [2.75, 3.05) is 31.2 Å². The summed E-state index contributed by atoms with van der Waals surface area (Å²) in [5.41, 5.74) is 0. The lowest BCUT2D eigenvalue weighted by atomic mass is 10.00. The first kappa shape index (κ1) is 16.7. The first-order valence-corrected chi connectivity index (χ1v) is 9.13. The molecular weight excluding hydrogens is 308 g/mol. The van der Waals surface area contributed by atoms with Gasteiger partial charge in [0.05, 0.1) is 12.5 Å². The number of rotatable bonds is 5. The molecule has 0 radical (unpaired) electrons. The van der Waals surface area contributed by atoms with Gasteiger partial charge < -0.3 is 5.32 Å². The summed E-state index contributed by atoms with van der Waals surface area (Å²) in [5.74, 6) is 0.515. The molecule has 0 bridgehead atoms. The fraction of sp³-hybridized carbons (Fsp3) is 0.750. The summed E-state index contributed by atoms with van der Waals surface area (Å²) in [6.45, 7) is 4.04. The molecule has 1 aromatic rings. The number of anilines is 1. The minimum absolute atomic E-state index is 0.126. The van der Waals surface area contributed by atoms with E-state index < -0.39 is 10.0 Å². The number of amides is 2. The van der Waals surface area contributed by atoms with Crippen LogP contribution in [0.3, 0.4) is 0 Å². The summed E-state index contributed by atoms with van der Waals surface area (Å²) < 4.78 is 26.2. The van der Waals surface area contributed by atoms with Gasteiger partial charge in [0.15, 0.2) is 5.82 Å². The topological polar surface area (TPSA) is 109 Å². The zero-order valence-electron chi connectivity index (χ0n) is 12.8. The SMILES string of the molecule is CCn1cc(NC(=O)NC[C@H]2CCCN(S(C)(=O)=O)C2)nn1.